The predicted octanol–water partition coefficient (Wildman–Crippen LogP) is 1.63. The number of ether oxygens (including phenoxy) is 1. The number of carbonyl (C=O) groups is 1. The van der Waals surface area contributed by atoms with Crippen LogP contribution in [0.4, 0.5) is 0 Å². The number of carbonyl (C=O) groups excluding carboxylic acids is 1. The Morgan fingerprint density at radius 1 is 1.31 bits per heavy atom. The van der Waals surface area contributed by atoms with Crippen molar-refractivity contribution in [3.8, 4) is 0 Å². The van der Waals surface area contributed by atoms with Crippen LogP contribution in [0, 0.1) is 0 Å². The first-order valence-electron chi connectivity index (χ1n) is 5.00. The summed E-state index contributed by atoms with van der Waals surface area (Å²) in [5, 5.41) is 0. The Morgan fingerprint density at radius 3 is 2.81 bits per heavy atom. The normalized spacial score (nSPS) is 10.0. The average molecular weight is 216 g/mol. The van der Waals surface area contributed by atoms with Gasteiger partial charge in [0.1, 0.15) is 13.2 Å². The highest BCUT2D eigenvalue weighted by Crippen LogP contribution is 2.01. The summed E-state index contributed by atoms with van der Waals surface area (Å²) in [5.41, 5.74) is 0.987. The Balaban J connectivity index is 1.80. The summed E-state index contributed by atoms with van der Waals surface area (Å²) in [6.07, 6.45) is 4.94. The first kappa shape index (κ1) is 10.4. The molecule has 82 valence electrons. The topological polar surface area (TPSA) is 44.1 Å². The highest BCUT2D eigenvalue weighted by molar-refractivity contribution is 5.69. The molecule has 0 aliphatic rings. The number of imidazole rings is 1. The summed E-state index contributed by atoms with van der Waals surface area (Å²) in [5.74, 6) is -0.262. The number of nitrogens with zero attached hydrogens (tertiary/aromatic N) is 2. The Bertz CT molecular complexity index is 437. The third kappa shape index (κ3) is 2.95. The van der Waals surface area contributed by atoms with Crippen molar-refractivity contribution in [2.45, 2.75) is 13.2 Å². The Labute approximate surface area is 93.5 Å². The number of rotatable bonds is 4. The highest BCUT2D eigenvalue weighted by atomic mass is 16.5. The van der Waals surface area contributed by atoms with E-state index in [1.807, 2.05) is 30.3 Å². The van der Waals surface area contributed by atoms with Gasteiger partial charge in [-0.25, -0.2) is 4.98 Å². The molecule has 4 heteroatoms. The van der Waals surface area contributed by atoms with Crippen LogP contribution < -0.4 is 0 Å². The summed E-state index contributed by atoms with van der Waals surface area (Å²) in [4.78, 5) is 15.3. The van der Waals surface area contributed by atoms with Crippen LogP contribution in [-0.2, 0) is 22.7 Å². The van der Waals surface area contributed by atoms with E-state index in [1.165, 1.54) is 0 Å². The van der Waals surface area contributed by atoms with Gasteiger partial charge in [-0.15, -0.1) is 0 Å². The molecule has 0 atom stereocenters. The van der Waals surface area contributed by atoms with Crippen molar-refractivity contribution in [1.29, 1.82) is 0 Å². The molecule has 0 N–H and O–H groups in total. The third-order valence-corrected chi connectivity index (χ3v) is 2.11. The molecule has 0 saturated heterocycles. The van der Waals surface area contributed by atoms with E-state index < -0.39 is 0 Å². The van der Waals surface area contributed by atoms with Crippen LogP contribution in [0.1, 0.15) is 5.56 Å². The molecule has 1 heterocycles. The molecule has 0 unspecified atom stereocenters. The number of esters is 1. The van der Waals surface area contributed by atoms with Crippen LogP contribution >= 0.6 is 0 Å². The molecule has 0 aliphatic heterocycles. The molecule has 0 fully saturated rings. The van der Waals surface area contributed by atoms with Crippen LogP contribution in [0.2, 0.25) is 0 Å². The van der Waals surface area contributed by atoms with Gasteiger partial charge in [0, 0.05) is 12.4 Å². The quantitative estimate of drug-likeness (QED) is 0.729. The molecule has 2 aromatic rings. The fraction of sp³-hybridized carbons (Fsp3) is 0.167. The van der Waals surface area contributed by atoms with Gasteiger partial charge in [0.25, 0.3) is 0 Å². The monoisotopic (exact) mass is 216 g/mol. The Morgan fingerprint density at radius 2 is 2.12 bits per heavy atom. The molecule has 0 amide bonds. The summed E-state index contributed by atoms with van der Waals surface area (Å²) in [7, 11) is 0. The summed E-state index contributed by atoms with van der Waals surface area (Å²) < 4.78 is 6.79. The number of benzene rings is 1. The van der Waals surface area contributed by atoms with Gasteiger partial charge in [0.2, 0.25) is 0 Å². The maximum Gasteiger partial charge on any atom is 0.326 e. The lowest BCUT2D eigenvalue weighted by atomic mass is 10.2. The van der Waals surface area contributed by atoms with Gasteiger partial charge in [0.05, 0.1) is 6.33 Å². The minimum absolute atomic E-state index is 0.201. The maximum atomic E-state index is 11.4. The van der Waals surface area contributed by atoms with E-state index in [2.05, 4.69) is 4.98 Å². The second-order valence-electron chi connectivity index (χ2n) is 3.38. The molecule has 2 rings (SSSR count). The lowest BCUT2D eigenvalue weighted by Crippen LogP contribution is -2.12. The zero-order chi connectivity index (χ0) is 11.2. The highest BCUT2D eigenvalue weighted by Gasteiger charge is 2.03. The average Bonchev–Trinajstić information content (AvgIpc) is 2.81. The second kappa shape index (κ2) is 5.11. The van der Waals surface area contributed by atoms with E-state index in [9.17, 15) is 4.79 Å². The number of hydrogen-bond donors (Lipinski definition) is 0. The van der Waals surface area contributed by atoms with Crippen molar-refractivity contribution in [2.75, 3.05) is 0 Å². The molecule has 16 heavy (non-hydrogen) atoms. The van der Waals surface area contributed by atoms with Crippen molar-refractivity contribution in [1.82, 2.24) is 9.55 Å². The maximum absolute atomic E-state index is 11.4. The number of hydrogen-bond acceptors (Lipinski definition) is 3. The van der Waals surface area contributed by atoms with E-state index in [4.69, 9.17) is 4.74 Å². The summed E-state index contributed by atoms with van der Waals surface area (Å²) in [6, 6.07) is 9.60. The molecule has 1 aromatic carbocycles. The largest absolute Gasteiger partial charge is 0.459 e. The minimum Gasteiger partial charge on any atom is -0.459 e. The van der Waals surface area contributed by atoms with E-state index in [0.717, 1.165) is 5.56 Å². The van der Waals surface area contributed by atoms with Gasteiger partial charge >= 0.3 is 5.97 Å². The van der Waals surface area contributed by atoms with Crippen LogP contribution in [-0.4, -0.2) is 15.5 Å². The molecule has 4 nitrogen and oxygen atoms in total. The molecule has 0 saturated carbocycles. The summed E-state index contributed by atoms with van der Waals surface area (Å²) in [6.45, 7) is 0.515. The molecular weight excluding hydrogens is 204 g/mol. The van der Waals surface area contributed by atoms with E-state index in [-0.39, 0.29) is 12.5 Å². The van der Waals surface area contributed by atoms with Gasteiger partial charge < -0.3 is 9.30 Å². The second-order valence-corrected chi connectivity index (χ2v) is 3.38. The molecular formula is C12H12N2O2. The predicted molar refractivity (Wildman–Crippen MR) is 58.5 cm³/mol. The van der Waals surface area contributed by atoms with Gasteiger partial charge in [-0.05, 0) is 5.56 Å². The van der Waals surface area contributed by atoms with Crippen LogP contribution in [0.5, 0.6) is 0 Å². The van der Waals surface area contributed by atoms with Crippen molar-refractivity contribution in [2.24, 2.45) is 0 Å². The van der Waals surface area contributed by atoms with Crippen molar-refractivity contribution >= 4 is 5.97 Å². The van der Waals surface area contributed by atoms with Crippen LogP contribution in [0.15, 0.2) is 49.1 Å². The van der Waals surface area contributed by atoms with E-state index >= 15 is 0 Å². The molecule has 0 aliphatic carbocycles. The first-order chi connectivity index (χ1) is 7.84. The fourth-order valence-electron chi connectivity index (χ4n) is 1.31. The zero-order valence-corrected chi connectivity index (χ0v) is 8.74. The lowest BCUT2D eigenvalue weighted by molar-refractivity contribution is -0.145. The smallest absolute Gasteiger partial charge is 0.326 e. The van der Waals surface area contributed by atoms with Gasteiger partial charge in [0.15, 0.2) is 0 Å². The van der Waals surface area contributed by atoms with Gasteiger partial charge in [-0.1, -0.05) is 30.3 Å². The standard InChI is InChI=1S/C12H12N2O2/c15-12(8-14-7-6-13-10-14)16-9-11-4-2-1-3-5-11/h1-7,10H,8-9H2. The van der Waals surface area contributed by atoms with Crippen LogP contribution in [0.3, 0.4) is 0 Å². The van der Waals surface area contributed by atoms with E-state index in [1.54, 1.807) is 23.3 Å². The Hall–Kier alpha value is -2.10. The van der Waals surface area contributed by atoms with Crippen molar-refractivity contribution < 1.29 is 9.53 Å². The minimum atomic E-state index is -0.262. The molecule has 0 bridgehead atoms. The van der Waals surface area contributed by atoms with Crippen LogP contribution in [0.25, 0.3) is 0 Å². The lowest BCUT2D eigenvalue weighted by Gasteiger charge is -2.04. The summed E-state index contributed by atoms with van der Waals surface area (Å²) >= 11 is 0. The molecule has 1 aromatic heterocycles. The third-order valence-electron chi connectivity index (χ3n) is 2.11. The molecule has 0 radical (unpaired) electrons. The fourth-order valence-corrected chi connectivity index (χ4v) is 1.31. The van der Waals surface area contributed by atoms with Crippen molar-refractivity contribution in [3.63, 3.8) is 0 Å². The van der Waals surface area contributed by atoms with E-state index in [0.29, 0.717) is 6.61 Å². The van der Waals surface area contributed by atoms with Gasteiger partial charge in [-0.3, -0.25) is 4.79 Å². The Kier molecular flexibility index (Phi) is 3.33. The molecule has 0 spiro atoms. The van der Waals surface area contributed by atoms with Crippen molar-refractivity contribution in [3.05, 3.63) is 54.6 Å². The van der Waals surface area contributed by atoms with Gasteiger partial charge in [-0.2, -0.15) is 0 Å². The SMILES string of the molecule is O=C(Cn1ccnc1)OCc1ccccc1. The number of aromatic nitrogens is 2. The first-order valence-corrected chi connectivity index (χ1v) is 5.00. The zero-order valence-electron chi connectivity index (χ0n) is 8.74.